The molecule has 0 bridgehead atoms. The van der Waals surface area contributed by atoms with Crippen LogP contribution in [0.5, 0.6) is 0 Å². The molecule has 1 N–H and O–H groups in total. The van der Waals surface area contributed by atoms with Crippen LogP contribution >= 0.6 is 0 Å². The van der Waals surface area contributed by atoms with Gasteiger partial charge in [0.2, 0.25) is 0 Å². The molecule has 1 unspecified atom stereocenters. The summed E-state index contributed by atoms with van der Waals surface area (Å²) < 4.78 is 5.64. The Morgan fingerprint density at radius 3 is 2.20 bits per heavy atom. The third kappa shape index (κ3) is 4.34. The fourth-order valence-corrected chi connectivity index (χ4v) is 4.87. The molecule has 9 nitrogen and oxygen atoms in total. The van der Waals surface area contributed by atoms with E-state index in [4.69, 9.17) is 14.8 Å². The summed E-state index contributed by atoms with van der Waals surface area (Å²) in [5.41, 5.74) is 4.43. The zero-order valence-corrected chi connectivity index (χ0v) is 20.0. The lowest BCUT2D eigenvalue weighted by Crippen LogP contribution is -2.45. The second kappa shape index (κ2) is 9.26. The topological polar surface area (TPSA) is 68.1 Å². The molecule has 9 heteroatoms. The fourth-order valence-electron chi connectivity index (χ4n) is 4.87. The fraction of sp³-hybridized carbons (Fsp3) is 0.346. The summed E-state index contributed by atoms with van der Waals surface area (Å²) in [4.78, 5) is 16.2. The minimum Gasteiger partial charge on any atom is -0.378 e. The van der Waals surface area contributed by atoms with E-state index in [1.807, 2.05) is 6.20 Å². The predicted octanol–water partition coefficient (Wildman–Crippen LogP) is 2.93. The first-order valence-corrected chi connectivity index (χ1v) is 12.2. The molecule has 4 aliphatic rings. The Kier molecular flexibility index (Phi) is 5.81. The van der Waals surface area contributed by atoms with E-state index in [1.54, 1.807) is 12.4 Å². The molecule has 0 aliphatic carbocycles. The van der Waals surface area contributed by atoms with Crippen molar-refractivity contribution in [3.8, 4) is 0 Å². The molecule has 4 aliphatic heterocycles. The number of quaternary nitrogens is 1. The number of nitrogens with zero attached hydrogens (tertiary/aromatic N) is 7. The average molecular weight is 472 g/mol. The number of anilines is 3. The first-order valence-electron chi connectivity index (χ1n) is 12.2. The van der Waals surface area contributed by atoms with Gasteiger partial charge in [0.1, 0.15) is 6.21 Å². The molecule has 0 spiro atoms. The van der Waals surface area contributed by atoms with E-state index < -0.39 is 0 Å². The number of likely N-dealkylation sites (N-methyl/N-ethyl adjacent to an activating group) is 1. The van der Waals surface area contributed by atoms with Gasteiger partial charge in [0, 0.05) is 68.5 Å². The van der Waals surface area contributed by atoms with Crippen LogP contribution in [0.1, 0.15) is 0 Å². The Hall–Kier alpha value is -3.53. The summed E-state index contributed by atoms with van der Waals surface area (Å²) in [5, 5.41) is 8.37. The lowest BCUT2D eigenvalue weighted by molar-refractivity contribution is 0.122. The van der Waals surface area contributed by atoms with Gasteiger partial charge in [-0.25, -0.2) is 0 Å². The number of morpholine rings is 1. The minimum atomic E-state index is 0.181. The molecule has 4 heterocycles. The number of piperazine rings is 1. The van der Waals surface area contributed by atoms with Gasteiger partial charge in [-0.1, -0.05) is 4.59 Å². The summed E-state index contributed by atoms with van der Waals surface area (Å²) in [6, 6.07) is 17.1. The number of hydrogen-bond donors (Lipinski definition) is 1. The largest absolute Gasteiger partial charge is 0.378 e. The van der Waals surface area contributed by atoms with Crippen molar-refractivity contribution in [2.45, 2.75) is 0 Å². The van der Waals surface area contributed by atoms with Crippen LogP contribution in [-0.4, -0.2) is 82.4 Å². The molecule has 6 rings (SSSR count). The average Bonchev–Trinajstić information content (AvgIpc) is 3.29. The molecule has 0 aromatic heterocycles. The normalized spacial score (nSPS) is 24.3. The number of guanidine groups is 1. The zero-order chi connectivity index (χ0) is 23.7. The highest BCUT2D eigenvalue weighted by Crippen LogP contribution is 2.33. The second-order valence-corrected chi connectivity index (χ2v) is 9.23. The summed E-state index contributed by atoms with van der Waals surface area (Å²) in [6.45, 7) is 7.67. The molecular weight excluding hydrogens is 440 g/mol. The maximum atomic E-state index is 5.46. The molecule has 1 atom stereocenters. The second-order valence-electron chi connectivity index (χ2n) is 9.23. The first kappa shape index (κ1) is 22.0. The molecule has 2 aromatic carbocycles. The molecule has 0 amide bonds. The molecule has 180 valence electrons. The quantitative estimate of drug-likeness (QED) is 0.695. The molecule has 2 saturated heterocycles. The van der Waals surface area contributed by atoms with Crippen molar-refractivity contribution in [1.82, 2.24) is 9.49 Å². The number of amidine groups is 1. The van der Waals surface area contributed by atoms with Gasteiger partial charge in [-0.2, -0.15) is 4.99 Å². The summed E-state index contributed by atoms with van der Waals surface area (Å²) in [7, 11) is 2.18. The molecule has 2 aromatic rings. The van der Waals surface area contributed by atoms with Crippen molar-refractivity contribution in [3.05, 3.63) is 60.9 Å². The first-order chi connectivity index (χ1) is 17.2. The van der Waals surface area contributed by atoms with Gasteiger partial charge in [-0.05, 0) is 48.5 Å². The van der Waals surface area contributed by atoms with Crippen LogP contribution in [0.4, 0.5) is 22.7 Å². The highest BCUT2D eigenvalue weighted by atomic mass is 16.5. The van der Waals surface area contributed by atoms with Gasteiger partial charge >= 0.3 is 0 Å². The third-order valence-electron chi connectivity index (χ3n) is 6.99. The van der Waals surface area contributed by atoms with Gasteiger partial charge in [0.15, 0.2) is 11.9 Å². The van der Waals surface area contributed by atoms with E-state index in [2.05, 4.69) is 80.6 Å². The van der Waals surface area contributed by atoms with Crippen molar-refractivity contribution in [3.63, 3.8) is 0 Å². The van der Waals surface area contributed by atoms with Gasteiger partial charge in [0.05, 0.1) is 19.4 Å². The molecule has 35 heavy (non-hydrogen) atoms. The van der Waals surface area contributed by atoms with E-state index in [-0.39, 0.29) is 4.59 Å². The predicted molar refractivity (Wildman–Crippen MR) is 144 cm³/mol. The Bertz CT molecular complexity index is 1170. The minimum absolute atomic E-state index is 0.181. The standard InChI is InChI=1S/C26H31N8O/c1-31-11-13-32(14-12-31)23-6-8-24(9-7-23)34-17-10-27-20-25(34)29-26(30-34)28-21-2-4-22(5-3-21)33-15-18-35-19-16-33/h2-10,17,20H,11-16,18-19H2,1H3,(H,28,30)/q+1. The summed E-state index contributed by atoms with van der Waals surface area (Å²) >= 11 is 0. The van der Waals surface area contributed by atoms with Gasteiger partial charge in [-0.15, -0.1) is 0 Å². The van der Waals surface area contributed by atoms with Crippen LogP contribution in [-0.2, 0) is 4.74 Å². The van der Waals surface area contributed by atoms with Crippen LogP contribution in [0.2, 0.25) is 0 Å². The van der Waals surface area contributed by atoms with Crippen molar-refractivity contribution in [2.24, 2.45) is 15.1 Å². The van der Waals surface area contributed by atoms with E-state index in [0.29, 0.717) is 5.96 Å². The number of fused-ring (bicyclic) bond motifs is 1. The van der Waals surface area contributed by atoms with E-state index in [0.717, 1.165) is 69.7 Å². The smallest absolute Gasteiger partial charge is 0.287 e. The lowest BCUT2D eigenvalue weighted by Gasteiger charge is -2.34. The van der Waals surface area contributed by atoms with Crippen LogP contribution in [0, 0.1) is 0 Å². The molecule has 2 fully saturated rings. The van der Waals surface area contributed by atoms with Crippen molar-refractivity contribution < 1.29 is 4.74 Å². The molecule has 0 saturated carbocycles. The van der Waals surface area contributed by atoms with Crippen LogP contribution in [0.15, 0.2) is 76.0 Å². The highest BCUT2D eigenvalue weighted by Gasteiger charge is 2.42. The SMILES string of the molecule is CN1CCN(c2ccc([N+]34C=CN=CC3=NC(Nc3ccc(N5CCOCC5)cc3)=N4)cc2)CC1. The number of hydrogen-bond acceptors (Lipinski definition) is 8. The maximum Gasteiger partial charge on any atom is 0.287 e. The maximum absolute atomic E-state index is 5.46. The van der Waals surface area contributed by atoms with Crippen molar-refractivity contribution in [1.29, 1.82) is 0 Å². The number of aliphatic imine (C=N–C) groups is 2. The van der Waals surface area contributed by atoms with Crippen LogP contribution in [0.25, 0.3) is 0 Å². The van der Waals surface area contributed by atoms with E-state index >= 15 is 0 Å². The lowest BCUT2D eigenvalue weighted by atomic mass is 10.2. The Morgan fingerprint density at radius 1 is 0.829 bits per heavy atom. The van der Waals surface area contributed by atoms with E-state index in [1.165, 1.54) is 11.4 Å². The number of nitrogens with one attached hydrogen (secondary N) is 1. The van der Waals surface area contributed by atoms with Gasteiger partial charge in [0.25, 0.3) is 11.8 Å². The third-order valence-corrected chi connectivity index (χ3v) is 6.99. The number of rotatable bonds is 4. The molecule has 0 radical (unpaired) electrons. The highest BCUT2D eigenvalue weighted by molar-refractivity contribution is 6.38. The van der Waals surface area contributed by atoms with Crippen molar-refractivity contribution in [2.75, 3.05) is 74.6 Å². The Morgan fingerprint density at radius 2 is 1.49 bits per heavy atom. The van der Waals surface area contributed by atoms with E-state index in [9.17, 15) is 0 Å². The van der Waals surface area contributed by atoms with Crippen molar-refractivity contribution >= 4 is 40.8 Å². The summed E-state index contributed by atoms with van der Waals surface area (Å²) in [5.74, 6) is 1.34. The Balaban J connectivity index is 1.21. The van der Waals surface area contributed by atoms with Gasteiger partial charge in [-0.3, -0.25) is 4.99 Å². The van der Waals surface area contributed by atoms with Crippen LogP contribution < -0.4 is 19.7 Å². The summed E-state index contributed by atoms with van der Waals surface area (Å²) in [6.07, 6.45) is 5.55. The number of ether oxygens (including phenoxy) is 1. The number of benzene rings is 2. The van der Waals surface area contributed by atoms with Gasteiger partial charge < -0.3 is 24.8 Å². The monoisotopic (exact) mass is 471 g/mol. The zero-order valence-electron chi connectivity index (χ0n) is 20.0. The molecular formula is C26H31N8O+. The van der Waals surface area contributed by atoms with Crippen LogP contribution in [0.3, 0.4) is 0 Å². The Labute approximate surface area is 205 Å².